The van der Waals surface area contributed by atoms with E-state index in [0.29, 0.717) is 12.4 Å². The largest absolute Gasteiger partial charge is 0.357 e. The number of aromatic nitrogens is 1. The smallest absolute Gasteiger partial charge is 0.258 e. The van der Waals surface area contributed by atoms with Crippen molar-refractivity contribution in [3.63, 3.8) is 0 Å². The fraction of sp³-hybridized carbons (Fsp3) is 0.154. The first-order chi connectivity index (χ1) is 9.09. The third-order valence-electron chi connectivity index (χ3n) is 2.76. The van der Waals surface area contributed by atoms with Crippen molar-refractivity contribution < 1.29 is 9.91 Å². The normalized spacial score (nSPS) is 10.2. The summed E-state index contributed by atoms with van der Waals surface area (Å²) in [5.74, 6) is 0.489. The van der Waals surface area contributed by atoms with Crippen molar-refractivity contribution in [3.05, 3.63) is 62.7 Å². The minimum absolute atomic E-state index is 0.0667. The number of hydrogen-bond acceptors (Lipinski definition) is 3. The number of pyridine rings is 1. The molecule has 1 aromatic carbocycles. The Bertz CT molecular complexity index is 604. The van der Waals surface area contributed by atoms with Crippen LogP contribution in [0.5, 0.6) is 0 Å². The highest BCUT2D eigenvalue weighted by Gasteiger charge is 2.24. The maximum atomic E-state index is 11.0. The van der Waals surface area contributed by atoms with Gasteiger partial charge in [0.1, 0.15) is 6.54 Å². The van der Waals surface area contributed by atoms with Gasteiger partial charge in [-0.15, -0.1) is 0 Å². The van der Waals surface area contributed by atoms with E-state index in [1.165, 1.54) is 6.07 Å². The number of hydrogen-bond donors (Lipinski definition) is 0. The van der Waals surface area contributed by atoms with Crippen LogP contribution in [0.4, 0.5) is 11.5 Å². The quantitative estimate of drug-likeness (QED) is 0.642. The molecule has 5 nitrogen and oxygen atoms in total. The highest BCUT2D eigenvalue weighted by molar-refractivity contribution is 9.10. The van der Waals surface area contributed by atoms with E-state index < -0.39 is 0 Å². The van der Waals surface area contributed by atoms with Gasteiger partial charge in [-0.2, -0.15) is 0 Å². The van der Waals surface area contributed by atoms with Crippen LogP contribution in [0.25, 0.3) is 0 Å². The Kier molecular flexibility index (Phi) is 4.11. The maximum absolute atomic E-state index is 11.0. The maximum Gasteiger partial charge on any atom is 0.357 e. The topological polar surface area (TPSA) is 60.5 Å². The van der Waals surface area contributed by atoms with Crippen molar-refractivity contribution in [1.29, 1.82) is 0 Å². The van der Waals surface area contributed by atoms with Crippen molar-refractivity contribution >= 4 is 27.4 Å². The first kappa shape index (κ1) is 13.5. The number of benzene rings is 1. The molecular weight excluding hydrogens is 310 g/mol. The molecule has 0 saturated carbocycles. The zero-order chi connectivity index (χ0) is 13.8. The SMILES string of the molecule is CN(Cc1ccccc1Br)c1[nH+]cccc1[N+](=O)[O-]. The molecule has 1 aromatic heterocycles. The number of rotatable bonds is 4. The molecule has 1 heterocycles. The summed E-state index contributed by atoms with van der Waals surface area (Å²) in [6.45, 7) is 0.572. The number of halogens is 1. The van der Waals surface area contributed by atoms with E-state index in [2.05, 4.69) is 20.9 Å². The molecule has 98 valence electrons. The molecule has 0 fully saturated rings. The Hall–Kier alpha value is -1.95. The van der Waals surface area contributed by atoms with Gasteiger partial charge in [-0.25, -0.2) is 4.98 Å². The van der Waals surface area contributed by atoms with Gasteiger partial charge in [-0.05, 0) is 12.1 Å². The molecular formula is C13H13BrN3O2+. The van der Waals surface area contributed by atoms with E-state index in [1.807, 2.05) is 36.2 Å². The molecule has 0 atom stereocenters. The summed E-state index contributed by atoms with van der Waals surface area (Å²) in [5.41, 5.74) is 1.13. The standard InChI is InChI=1S/C13H12BrN3O2/c1-16(9-10-5-2-3-6-11(10)14)13-12(17(18)19)7-4-8-15-13/h2-8H,9H2,1H3/p+1. The Labute approximate surface area is 119 Å². The van der Waals surface area contributed by atoms with Gasteiger partial charge in [0.25, 0.3) is 0 Å². The molecule has 19 heavy (non-hydrogen) atoms. The molecule has 0 saturated heterocycles. The average molecular weight is 323 g/mol. The van der Waals surface area contributed by atoms with Crippen LogP contribution in [0.1, 0.15) is 5.56 Å². The zero-order valence-electron chi connectivity index (χ0n) is 10.3. The summed E-state index contributed by atoms with van der Waals surface area (Å²) in [5, 5.41) is 11.0. The van der Waals surface area contributed by atoms with Crippen molar-refractivity contribution in [1.82, 2.24) is 0 Å². The predicted octanol–water partition coefficient (Wildman–Crippen LogP) is 2.81. The van der Waals surface area contributed by atoms with Crippen LogP contribution in [0.3, 0.4) is 0 Å². The van der Waals surface area contributed by atoms with Gasteiger partial charge < -0.3 is 0 Å². The lowest BCUT2D eigenvalue weighted by Gasteiger charge is -2.11. The first-order valence-electron chi connectivity index (χ1n) is 5.69. The van der Waals surface area contributed by atoms with Gasteiger partial charge in [-0.3, -0.25) is 15.0 Å². The van der Waals surface area contributed by atoms with Crippen molar-refractivity contribution in [3.8, 4) is 0 Å². The number of nitrogens with zero attached hydrogens (tertiary/aromatic N) is 2. The van der Waals surface area contributed by atoms with E-state index in [0.717, 1.165) is 10.0 Å². The third kappa shape index (κ3) is 3.08. The summed E-state index contributed by atoms with van der Waals surface area (Å²) in [6.07, 6.45) is 1.68. The van der Waals surface area contributed by atoms with Gasteiger partial charge in [0.2, 0.25) is 0 Å². The predicted molar refractivity (Wildman–Crippen MR) is 75.9 cm³/mol. The van der Waals surface area contributed by atoms with Gasteiger partial charge in [0, 0.05) is 16.1 Å². The second-order valence-corrected chi connectivity index (χ2v) is 4.96. The fourth-order valence-corrected chi connectivity index (χ4v) is 2.24. The summed E-state index contributed by atoms with van der Waals surface area (Å²) < 4.78 is 0.987. The first-order valence-corrected chi connectivity index (χ1v) is 6.48. The molecule has 0 unspecified atom stereocenters. The average Bonchev–Trinajstić information content (AvgIpc) is 2.41. The molecule has 0 bridgehead atoms. The number of aromatic amines is 1. The summed E-state index contributed by atoms with van der Waals surface area (Å²) in [6, 6.07) is 10.9. The van der Waals surface area contributed by atoms with Crippen LogP contribution in [0.2, 0.25) is 0 Å². The minimum Gasteiger partial charge on any atom is -0.258 e. The van der Waals surface area contributed by atoms with Crippen molar-refractivity contribution in [2.45, 2.75) is 6.54 Å². The molecule has 0 amide bonds. The number of anilines is 1. The van der Waals surface area contributed by atoms with E-state index >= 15 is 0 Å². The molecule has 0 aliphatic carbocycles. The van der Waals surface area contributed by atoms with Gasteiger partial charge in [-0.1, -0.05) is 34.1 Å². The Morgan fingerprint density at radius 3 is 2.74 bits per heavy atom. The van der Waals surface area contributed by atoms with Crippen molar-refractivity contribution in [2.75, 3.05) is 11.9 Å². The van der Waals surface area contributed by atoms with E-state index in [-0.39, 0.29) is 10.6 Å². The molecule has 0 aliphatic heterocycles. The number of nitrogens with one attached hydrogen (secondary N) is 1. The lowest BCUT2D eigenvalue weighted by atomic mass is 10.2. The Morgan fingerprint density at radius 2 is 2.05 bits per heavy atom. The van der Waals surface area contributed by atoms with Crippen LogP contribution >= 0.6 is 15.9 Å². The number of nitro groups is 1. The second kappa shape index (κ2) is 5.79. The molecule has 0 spiro atoms. The van der Waals surface area contributed by atoms with E-state index in [1.54, 1.807) is 12.3 Å². The zero-order valence-corrected chi connectivity index (χ0v) is 11.9. The molecule has 6 heteroatoms. The summed E-state index contributed by atoms with van der Waals surface area (Å²) >= 11 is 3.47. The molecule has 1 N–H and O–H groups in total. The van der Waals surface area contributed by atoms with Crippen molar-refractivity contribution in [2.24, 2.45) is 0 Å². The van der Waals surface area contributed by atoms with E-state index in [9.17, 15) is 10.1 Å². The molecule has 2 rings (SSSR count). The molecule has 2 aromatic rings. The molecule has 0 radical (unpaired) electrons. The van der Waals surface area contributed by atoms with E-state index in [4.69, 9.17) is 0 Å². The van der Waals surface area contributed by atoms with Crippen LogP contribution in [-0.4, -0.2) is 12.0 Å². The van der Waals surface area contributed by atoms with Crippen LogP contribution in [0.15, 0.2) is 47.1 Å². The monoisotopic (exact) mass is 322 g/mol. The summed E-state index contributed by atoms with van der Waals surface area (Å²) in [4.78, 5) is 15.4. The Balaban J connectivity index is 2.28. The lowest BCUT2D eigenvalue weighted by molar-refractivity contribution is -0.411. The highest BCUT2D eigenvalue weighted by Crippen LogP contribution is 2.24. The van der Waals surface area contributed by atoms with Gasteiger partial charge in [0.15, 0.2) is 0 Å². The summed E-state index contributed by atoms with van der Waals surface area (Å²) in [7, 11) is 1.82. The lowest BCUT2D eigenvalue weighted by Crippen LogP contribution is -2.25. The van der Waals surface area contributed by atoms with Crippen LogP contribution < -0.4 is 9.88 Å². The van der Waals surface area contributed by atoms with Crippen LogP contribution in [0, 0.1) is 10.1 Å². The third-order valence-corrected chi connectivity index (χ3v) is 3.53. The number of H-pyrrole nitrogens is 1. The van der Waals surface area contributed by atoms with Gasteiger partial charge in [0.05, 0.1) is 18.2 Å². The Morgan fingerprint density at radius 1 is 1.32 bits per heavy atom. The second-order valence-electron chi connectivity index (χ2n) is 4.11. The minimum atomic E-state index is -0.387. The molecule has 0 aliphatic rings. The van der Waals surface area contributed by atoms with Gasteiger partial charge >= 0.3 is 11.5 Å². The highest BCUT2D eigenvalue weighted by atomic mass is 79.9. The fourth-order valence-electron chi connectivity index (χ4n) is 1.83. The van der Waals surface area contributed by atoms with Crippen LogP contribution in [-0.2, 0) is 6.54 Å².